The van der Waals surface area contributed by atoms with Crippen LogP contribution in [0.5, 0.6) is 0 Å². The summed E-state index contributed by atoms with van der Waals surface area (Å²) in [5.74, 6) is -0.592. The molecule has 3 saturated heterocycles. The molecule has 2 bridgehead atoms. The fourth-order valence-corrected chi connectivity index (χ4v) is 4.08. The van der Waals surface area contributed by atoms with Crippen molar-refractivity contribution in [3.8, 4) is 0 Å². The third-order valence-corrected chi connectivity index (χ3v) is 5.38. The van der Waals surface area contributed by atoms with Crippen molar-refractivity contribution in [3.63, 3.8) is 0 Å². The molecule has 15 heteroatoms. The molecule has 1 unspecified atom stereocenters. The first kappa shape index (κ1) is 24.4. The highest BCUT2D eigenvalue weighted by molar-refractivity contribution is 7.80. The Morgan fingerprint density at radius 3 is 2.62 bits per heavy atom. The van der Waals surface area contributed by atoms with Crippen LogP contribution in [0.15, 0.2) is 0 Å². The molecule has 3 heterocycles. The zero-order valence-corrected chi connectivity index (χ0v) is 18.9. The molecule has 182 valence electrons. The van der Waals surface area contributed by atoms with Gasteiger partial charge >= 0.3 is 22.5 Å². The number of nitrogens with zero attached hydrogens (tertiary/aromatic N) is 3. The molecule has 3 aliphatic rings. The number of nitrogens with one attached hydrogen (secondary N) is 1. The summed E-state index contributed by atoms with van der Waals surface area (Å²) in [6, 6.07) is -2.32. The average Bonchev–Trinajstić information content (AvgIpc) is 2.90. The fourth-order valence-electron chi connectivity index (χ4n) is 3.69. The molecule has 3 atom stereocenters. The standard InChI is InChI=1S/C17H28N4O10S/c1-17(2,3)30-16(24)19-6-7-28-12(9-19)10-29-18-14(22)13-5-4-11-8-20(13)15(23)21(11)31-32(25,26)27/h11-13H,4-10H2,1-3H3,(H,18,22)(H,25,26,27)/t11-,12?,13+/m1/s1. The largest absolute Gasteiger partial charge is 0.444 e. The van der Waals surface area contributed by atoms with Crippen LogP contribution in [0.25, 0.3) is 0 Å². The van der Waals surface area contributed by atoms with Crippen LogP contribution in [0.1, 0.15) is 33.6 Å². The number of morpholine rings is 1. The maximum atomic E-state index is 12.5. The maximum Gasteiger partial charge on any atom is 0.418 e. The molecule has 0 aromatic heterocycles. The van der Waals surface area contributed by atoms with Gasteiger partial charge in [0.1, 0.15) is 24.4 Å². The Balaban J connectivity index is 1.46. The van der Waals surface area contributed by atoms with Crippen molar-refractivity contribution >= 4 is 28.4 Å². The highest BCUT2D eigenvalue weighted by atomic mass is 32.3. The van der Waals surface area contributed by atoms with Crippen molar-refractivity contribution in [3.05, 3.63) is 0 Å². The first-order valence-electron chi connectivity index (χ1n) is 10.1. The minimum atomic E-state index is -4.86. The summed E-state index contributed by atoms with van der Waals surface area (Å²) in [5, 5.41) is 0.560. The van der Waals surface area contributed by atoms with Gasteiger partial charge in [-0.05, 0) is 33.6 Å². The molecule has 0 spiro atoms. The summed E-state index contributed by atoms with van der Waals surface area (Å²) in [7, 11) is -4.86. The van der Waals surface area contributed by atoms with Crippen molar-refractivity contribution in [2.24, 2.45) is 0 Å². The zero-order chi connectivity index (χ0) is 23.7. The molecule has 3 rings (SSSR count). The minimum absolute atomic E-state index is 0.0354. The van der Waals surface area contributed by atoms with Crippen molar-refractivity contribution in [1.82, 2.24) is 20.3 Å². The summed E-state index contributed by atoms with van der Waals surface area (Å²) in [4.78, 5) is 45.0. The van der Waals surface area contributed by atoms with E-state index in [2.05, 4.69) is 9.76 Å². The van der Waals surface area contributed by atoms with Crippen LogP contribution in [0, 0.1) is 0 Å². The van der Waals surface area contributed by atoms with Crippen LogP contribution in [0.2, 0.25) is 0 Å². The lowest BCUT2D eigenvalue weighted by molar-refractivity contribution is -0.145. The number of carbonyl (C=O) groups excluding carboxylic acids is 3. The van der Waals surface area contributed by atoms with Gasteiger partial charge in [-0.25, -0.2) is 15.1 Å². The topological polar surface area (TPSA) is 164 Å². The Morgan fingerprint density at radius 2 is 1.97 bits per heavy atom. The summed E-state index contributed by atoms with van der Waals surface area (Å²) in [5.41, 5.74) is 1.65. The van der Waals surface area contributed by atoms with Gasteiger partial charge in [0.05, 0.1) is 19.2 Å². The highest BCUT2D eigenvalue weighted by Gasteiger charge is 2.49. The maximum absolute atomic E-state index is 12.5. The highest BCUT2D eigenvalue weighted by Crippen LogP contribution is 2.30. The van der Waals surface area contributed by atoms with Gasteiger partial charge in [0.2, 0.25) is 0 Å². The van der Waals surface area contributed by atoms with Crippen LogP contribution in [-0.2, 0) is 33.8 Å². The number of hydrogen-bond acceptors (Lipinski definition) is 9. The van der Waals surface area contributed by atoms with Crippen LogP contribution >= 0.6 is 0 Å². The van der Waals surface area contributed by atoms with Crippen LogP contribution in [0.4, 0.5) is 9.59 Å². The van der Waals surface area contributed by atoms with Crippen molar-refractivity contribution in [1.29, 1.82) is 0 Å². The van der Waals surface area contributed by atoms with E-state index in [4.69, 9.17) is 18.9 Å². The monoisotopic (exact) mass is 480 g/mol. The third kappa shape index (κ3) is 6.19. The van der Waals surface area contributed by atoms with Gasteiger partial charge in [-0.1, -0.05) is 0 Å². The molecule has 3 aliphatic heterocycles. The Kier molecular flexibility index (Phi) is 7.14. The Morgan fingerprint density at radius 1 is 1.25 bits per heavy atom. The SMILES string of the molecule is CC(C)(C)OC(=O)N1CCOC(CONC(=O)[C@@H]2CC[C@@H]3CN2C(=O)N3OS(=O)(=O)O)C1. The predicted octanol–water partition coefficient (Wildman–Crippen LogP) is -0.327. The molecule has 0 saturated carbocycles. The van der Waals surface area contributed by atoms with Crippen LogP contribution < -0.4 is 5.48 Å². The van der Waals surface area contributed by atoms with E-state index in [-0.39, 0.29) is 32.7 Å². The lowest BCUT2D eigenvalue weighted by atomic mass is 10.0. The van der Waals surface area contributed by atoms with E-state index < -0.39 is 52.2 Å². The molecular formula is C17H28N4O10S. The van der Waals surface area contributed by atoms with E-state index in [9.17, 15) is 22.8 Å². The fraction of sp³-hybridized carbons (Fsp3) is 0.824. The lowest BCUT2D eigenvalue weighted by Gasteiger charge is -2.34. The Labute approximate surface area is 185 Å². The molecule has 3 fully saturated rings. The first-order valence-corrected chi connectivity index (χ1v) is 11.5. The third-order valence-electron chi connectivity index (χ3n) is 5.03. The lowest BCUT2D eigenvalue weighted by Crippen LogP contribution is -2.51. The zero-order valence-electron chi connectivity index (χ0n) is 18.1. The molecule has 32 heavy (non-hydrogen) atoms. The number of piperidine rings is 1. The molecular weight excluding hydrogens is 452 g/mol. The molecule has 0 aromatic rings. The van der Waals surface area contributed by atoms with Crippen molar-refractivity contribution in [2.75, 3.05) is 32.8 Å². The van der Waals surface area contributed by atoms with Gasteiger partial charge in [0.25, 0.3) is 5.91 Å². The van der Waals surface area contributed by atoms with Gasteiger partial charge in [-0.3, -0.25) is 14.2 Å². The van der Waals surface area contributed by atoms with E-state index in [1.165, 1.54) is 4.90 Å². The van der Waals surface area contributed by atoms with Crippen LogP contribution in [-0.4, -0.2) is 103 Å². The molecule has 14 nitrogen and oxygen atoms in total. The number of amides is 4. The van der Waals surface area contributed by atoms with E-state index in [1.54, 1.807) is 20.8 Å². The Hall–Kier alpha value is -2.20. The van der Waals surface area contributed by atoms with Gasteiger partial charge in [0.15, 0.2) is 0 Å². The van der Waals surface area contributed by atoms with E-state index in [0.29, 0.717) is 18.0 Å². The van der Waals surface area contributed by atoms with Gasteiger partial charge in [-0.15, -0.1) is 4.28 Å². The quantitative estimate of drug-likeness (QED) is 0.380. The smallest absolute Gasteiger partial charge is 0.418 e. The van der Waals surface area contributed by atoms with Crippen molar-refractivity contribution < 1.29 is 45.9 Å². The molecule has 2 N–H and O–H groups in total. The number of hydroxylamine groups is 3. The number of carbonyl (C=O) groups is 3. The van der Waals surface area contributed by atoms with Crippen LogP contribution in [0.3, 0.4) is 0 Å². The van der Waals surface area contributed by atoms with E-state index >= 15 is 0 Å². The molecule has 0 radical (unpaired) electrons. The van der Waals surface area contributed by atoms with Gasteiger partial charge in [-0.2, -0.15) is 13.5 Å². The summed E-state index contributed by atoms with van der Waals surface area (Å²) >= 11 is 0. The van der Waals surface area contributed by atoms with E-state index in [0.717, 1.165) is 4.90 Å². The second-order valence-corrected chi connectivity index (χ2v) is 9.71. The average molecular weight is 480 g/mol. The second kappa shape index (κ2) is 9.35. The minimum Gasteiger partial charge on any atom is -0.444 e. The number of hydrogen-bond donors (Lipinski definition) is 2. The molecule has 4 amide bonds. The number of ether oxygens (including phenoxy) is 2. The molecule has 0 aliphatic carbocycles. The molecule has 0 aromatic carbocycles. The van der Waals surface area contributed by atoms with E-state index in [1.807, 2.05) is 0 Å². The van der Waals surface area contributed by atoms with Gasteiger partial charge in [0, 0.05) is 13.1 Å². The first-order chi connectivity index (χ1) is 14.8. The summed E-state index contributed by atoms with van der Waals surface area (Å²) < 4.78 is 45.9. The summed E-state index contributed by atoms with van der Waals surface area (Å²) in [6.07, 6.45) is -0.398. The Bertz CT molecular complexity index is 845. The summed E-state index contributed by atoms with van der Waals surface area (Å²) in [6.45, 7) is 6.24. The number of fused-ring (bicyclic) bond motifs is 2. The number of rotatable bonds is 6. The number of urea groups is 1. The van der Waals surface area contributed by atoms with Gasteiger partial charge < -0.3 is 19.3 Å². The normalized spacial score (nSPS) is 26.3. The predicted molar refractivity (Wildman–Crippen MR) is 105 cm³/mol. The second-order valence-electron chi connectivity index (χ2n) is 8.71. The van der Waals surface area contributed by atoms with Crippen molar-refractivity contribution in [2.45, 2.75) is 57.4 Å².